The molecule has 0 unspecified atom stereocenters. The molecule has 1 fully saturated rings. The molecule has 1 amide bonds. The number of aryl methyl sites for hydroxylation is 1. The Morgan fingerprint density at radius 2 is 1.81 bits per heavy atom. The molecule has 0 heterocycles. The maximum absolute atomic E-state index is 13.4. The van der Waals surface area contributed by atoms with Crippen LogP contribution in [0.25, 0.3) is 0 Å². The molecule has 27 heavy (non-hydrogen) atoms. The zero-order chi connectivity index (χ0) is 19.1. The minimum absolute atomic E-state index is 0.118. The van der Waals surface area contributed by atoms with Crippen molar-refractivity contribution >= 4 is 11.6 Å². The minimum atomic E-state index is -0.413. The van der Waals surface area contributed by atoms with Gasteiger partial charge < -0.3 is 10.1 Å². The summed E-state index contributed by atoms with van der Waals surface area (Å²) >= 11 is 0. The molecule has 3 heteroatoms. The molecule has 0 spiro atoms. The summed E-state index contributed by atoms with van der Waals surface area (Å²) in [5.74, 6) is 1.02. The van der Waals surface area contributed by atoms with Gasteiger partial charge in [0.25, 0.3) is 0 Å². The van der Waals surface area contributed by atoms with Gasteiger partial charge in [-0.1, -0.05) is 62.9 Å². The highest BCUT2D eigenvalue weighted by Gasteiger charge is 2.41. The molecular formula is C24H31NO2. The number of hydrogen-bond acceptors (Lipinski definition) is 2. The van der Waals surface area contributed by atoms with Crippen molar-refractivity contribution in [3.8, 4) is 5.75 Å². The van der Waals surface area contributed by atoms with Crippen molar-refractivity contribution in [1.82, 2.24) is 0 Å². The number of nitrogens with one attached hydrogen (secondary N) is 1. The van der Waals surface area contributed by atoms with Crippen molar-refractivity contribution in [3.63, 3.8) is 0 Å². The van der Waals surface area contributed by atoms with Gasteiger partial charge in [0.1, 0.15) is 5.75 Å². The van der Waals surface area contributed by atoms with E-state index < -0.39 is 5.41 Å². The summed E-state index contributed by atoms with van der Waals surface area (Å²) in [6, 6.07) is 16.2. The lowest BCUT2D eigenvalue weighted by atomic mass is 9.68. The van der Waals surface area contributed by atoms with Crippen LogP contribution in [0.1, 0.15) is 63.0 Å². The topological polar surface area (TPSA) is 38.3 Å². The van der Waals surface area contributed by atoms with E-state index in [0.717, 1.165) is 67.7 Å². The van der Waals surface area contributed by atoms with Crippen molar-refractivity contribution < 1.29 is 9.53 Å². The first-order chi connectivity index (χ1) is 13.2. The molecule has 0 bridgehead atoms. The first-order valence-electron chi connectivity index (χ1n) is 10.3. The minimum Gasteiger partial charge on any atom is -0.493 e. The van der Waals surface area contributed by atoms with Crippen LogP contribution in [-0.2, 0) is 10.2 Å². The summed E-state index contributed by atoms with van der Waals surface area (Å²) in [5.41, 5.74) is 2.63. The fraction of sp³-hybridized carbons (Fsp3) is 0.458. The van der Waals surface area contributed by atoms with E-state index in [1.54, 1.807) is 0 Å². The van der Waals surface area contributed by atoms with E-state index in [-0.39, 0.29) is 5.91 Å². The number of ether oxygens (including phenoxy) is 1. The van der Waals surface area contributed by atoms with Crippen LogP contribution in [0.5, 0.6) is 5.75 Å². The Morgan fingerprint density at radius 1 is 1.07 bits per heavy atom. The lowest BCUT2D eigenvalue weighted by Crippen LogP contribution is -2.42. The molecule has 2 aromatic rings. The zero-order valence-electron chi connectivity index (χ0n) is 16.6. The highest BCUT2D eigenvalue weighted by Crippen LogP contribution is 2.40. The number of carbonyl (C=O) groups excluding carboxylic acids is 1. The van der Waals surface area contributed by atoms with E-state index in [0.29, 0.717) is 0 Å². The van der Waals surface area contributed by atoms with Gasteiger partial charge in [-0.3, -0.25) is 4.79 Å². The second-order valence-electron chi connectivity index (χ2n) is 7.65. The maximum atomic E-state index is 13.4. The zero-order valence-corrected chi connectivity index (χ0v) is 16.6. The Balaban J connectivity index is 1.77. The molecule has 1 aliphatic carbocycles. The Morgan fingerprint density at radius 3 is 2.48 bits per heavy atom. The quantitative estimate of drug-likeness (QED) is 0.610. The average Bonchev–Trinajstić information content (AvgIpc) is 2.71. The SMILES string of the molecule is CCCCOc1ccc(NC(=O)C2(c3ccccc3)CCCCC2)cc1C. The molecule has 0 radical (unpaired) electrons. The molecule has 0 atom stereocenters. The fourth-order valence-electron chi connectivity index (χ4n) is 4.03. The van der Waals surface area contributed by atoms with Crippen LogP contribution in [0, 0.1) is 6.92 Å². The molecule has 2 aromatic carbocycles. The van der Waals surface area contributed by atoms with Crippen LogP contribution < -0.4 is 10.1 Å². The Kier molecular flexibility index (Phi) is 6.54. The van der Waals surface area contributed by atoms with Crippen molar-refractivity contribution in [1.29, 1.82) is 0 Å². The third kappa shape index (κ3) is 4.52. The third-order valence-corrected chi connectivity index (χ3v) is 5.66. The fourth-order valence-corrected chi connectivity index (χ4v) is 4.03. The Labute approximate surface area is 163 Å². The van der Waals surface area contributed by atoms with Gasteiger partial charge in [0, 0.05) is 5.69 Å². The third-order valence-electron chi connectivity index (χ3n) is 5.66. The number of amides is 1. The van der Waals surface area contributed by atoms with Crippen LogP contribution in [0.3, 0.4) is 0 Å². The summed E-state index contributed by atoms with van der Waals surface area (Å²) in [5, 5.41) is 3.19. The van der Waals surface area contributed by atoms with Gasteiger partial charge in [-0.2, -0.15) is 0 Å². The number of hydrogen-bond donors (Lipinski definition) is 1. The predicted octanol–water partition coefficient (Wildman–Crippen LogP) is 6.01. The normalized spacial score (nSPS) is 15.9. The molecule has 0 aromatic heterocycles. The monoisotopic (exact) mass is 365 g/mol. The first-order valence-corrected chi connectivity index (χ1v) is 10.3. The summed E-state index contributed by atoms with van der Waals surface area (Å²) < 4.78 is 5.83. The van der Waals surface area contributed by atoms with Crippen LogP contribution in [-0.4, -0.2) is 12.5 Å². The summed E-state index contributed by atoms with van der Waals surface area (Å²) in [7, 11) is 0. The van der Waals surface area contributed by atoms with Crippen LogP contribution >= 0.6 is 0 Å². The molecule has 1 aliphatic rings. The number of rotatable bonds is 7. The van der Waals surface area contributed by atoms with E-state index in [9.17, 15) is 4.79 Å². The summed E-state index contributed by atoms with van der Waals surface area (Å²) in [6.07, 6.45) is 7.42. The molecule has 1 N–H and O–H groups in total. The Hall–Kier alpha value is -2.29. The number of unbranched alkanes of at least 4 members (excludes halogenated alkanes) is 1. The van der Waals surface area contributed by atoms with E-state index >= 15 is 0 Å². The summed E-state index contributed by atoms with van der Waals surface area (Å²) in [4.78, 5) is 13.4. The predicted molar refractivity (Wildman–Crippen MR) is 111 cm³/mol. The van der Waals surface area contributed by atoms with Gasteiger partial charge in [-0.05, 0) is 55.5 Å². The number of anilines is 1. The molecule has 0 aliphatic heterocycles. The second-order valence-corrected chi connectivity index (χ2v) is 7.65. The lowest BCUT2D eigenvalue weighted by Gasteiger charge is -2.36. The highest BCUT2D eigenvalue weighted by molar-refractivity contribution is 5.99. The van der Waals surface area contributed by atoms with Crippen molar-refractivity contribution in [3.05, 3.63) is 59.7 Å². The number of benzene rings is 2. The summed E-state index contributed by atoms with van der Waals surface area (Å²) in [6.45, 7) is 4.92. The number of carbonyl (C=O) groups is 1. The van der Waals surface area contributed by atoms with E-state index in [2.05, 4.69) is 24.4 Å². The van der Waals surface area contributed by atoms with Crippen LogP contribution in [0.15, 0.2) is 48.5 Å². The van der Waals surface area contributed by atoms with Gasteiger partial charge in [0.05, 0.1) is 12.0 Å². The molecule has 3 nitrogen and oxygen atoms in total. The van der Waals surface area contributed by atoms with E-state index in [1.165, 1.54) is 6.42 Å². The van der Waals surface area contributed by atoms with Gasteiger partial charge in [0.2, 0.25) is 5.91 Å². The molecule has 1 saturated carbocycles. The average molecular weight is 366 g/mol. The molecule has 3 rings (SSSR count). The molecule has 144 valence electrons. The lowest BCUT2D eigenvalue weighted by molar-refractivity contribution is -0.122. The highest BCUT2D eigenvalue weighted by atomic mass is 16.5. The van der Waals surface area contributed by atoms with Crippen molar-refractivity contribution in [2.45, 2.75) is 64.2 Å². The van der Waals surface area contributed by atoms with Gasteiger partial charge >= 0.3 is 0 Å². The van der Waals surface area contributed by atoms with E-state index in [1.807, 2.05) is 43.3 Å². The first kappa shape index (κ1) is 19.5. The molecule has 0 saturated heterocycles. The van der Waals surface area contributed by atoms with Crippen molar-refractivity contribution in [2.75, 3.05) is 11.9 Å². The van der Waals surface area contributed by atoms with Gasteiger partial charge in [0.15, 0.2) is 0 Å². The smallest absolute Gasteiger partial charge is 0.235 e. The Bertz CT molecular complexity index is 748. The molecular weight excluding hydrogens is 334 g/mol. The standard InChI is InChI=1S/C24H31NO2/c1-3-4-17-27-22-14-13-21(18-19(22)2)25-23(26)24(15-9-6-10-16-24)20-11-7-5-8-12-20/h5,7-8,11-14,18H,3-4,6,9-10,15-17H2,1-2H3,(H,25,26). The van der Waals surface area contributed by atoms with Crippen LogP contribution in [0.2, 0.25) is 0 Å². The van der Waals surface area contributed by atoms with Crippen LogP contribution in [0.4, 0.5) is 5.69 Å². The van der Waals surface area contributed by atoms with Crippen molar-refractivity contribution in [2.24, 2.45) is 0 Å². The second kappa shape index (κ2) is 9.07. The van der Waals surface area contributed by atoms with Gasteiger partial charge in [-0.25, -0.2) is 0 Å². The van der Waals surface area contributed by atoms with E-state index in [4.69, 9.17) is 4.74 Å². The maximum Gasteiger partial charge on any atom is 0.235 e. The van der Waals surface area contributed by atoms with Gasteiger partial charge in [-0.15, -0.1) is 0 Å². The largest absolute Gasteiger partial charge is 0.493 e.